The smallest absolute Gasteiger partial charge is 0.224 e. The zero-order valence-electron chi connectivity index (χ0n) is 12.8. The molecule has 0 spiro atoms. The van der Waals surface area contributed by atoms with E-state index in [0.717, 1.165) is 19.3 Å². The summed E-state index contributed by atoms with van der Waals surface area (Å²) in [6.07, 6.45) is 3.09. The molecule has 5 nitrogen and oxygen atoms in total. The fourth-order valence-corrected chi connectivity index (χ4v) is 1.92. The van der Waals surface area contributed by atoms with Gasteiger partial charge in [0, 0.05) is 19.9 Å². The van der Waals surface area contributed by atoms with Crippen LogP contribution in [0.5, 0.6) is 5.75 Å². The van der Waals surface area contributed by atoms with E-state index in [-0.39, 0.29) is 11.8 Å². The van der Waals surface area contributed by atoms with Gasteiger partial charge < -0.3 is 15.4 Å². The van der Waals surface area contributed by atoms with Crippen LogP contribution in [0.4, 0.5) is 5.69 Å². The molecule has 5 heteroatoms. The largest absolute Gasteiger partial charge is 0.492 e. The highest BCUT2D eigenvalue weighted by atomic mass is 16.5. The summed E-state index contributed by atoms with van der Waals surface area (Å²) >= 11 is 0. The predicted octanol–water partition coefficient (Wildman–Crippen LogP) is 2.72. The van der Waals surface area contributed by atoms with Gasteiger partial charge in [-0.1, -0.05) is 18.6 Å². The van der Waals surface area contributed by atoms with E-state index in [1.807, 2.05) is 31.2 Å². The summed E-state index contributed by atoms with van der Waals surface area (Å²) in [6.45, 7) is 4.65. The fraction of sp³-hybridized carbons (Fsp3) is 0.500. The number of amides is 2. The lowest BCUT2D eigenvalue weighted by Crippen LogP contribution is -2.20. The van der Waals surface area contributed by atoms with Gasteiger partial charge in [-0.3, -0.25) is 9.59 Å². The molecule has 1 aromatic carbocycles. The van der Waals surface area contributed by atoms with Gasteiger partial charge in [0.1, 0.15) is 5.75 Å². The van der Waals surface area contributed by atoms with Crippen molar-refractivity contribution in [2.75, 3.05) is 18.5 Å². The Kier molecular flexibility index (Phi) is 7.94. The Balaban J connectivity index is 2.26. The molecule has 21 heavy (non-hydrogen) atoms. The first-order valence-electron chi connectivity index (χ1n) is 7.39. The van der Waals surface area contributed by atoms with Crippen molar-refractivity contribution in [3.63, 3.8) is 0 Å². The SMILES string of the molecule is CCOc1ccccc1NC(=O)CCCCCNC(C)=O. The second kappa shape index (κ2) is 9.80. The molecule has 2 N–H and O–H groups in total. The molecule has 0 atom stereocenters. The summed E-state index contributed by atoms with van der Waals surface area (Å²) in [5.74, 6) is 0.668. The van der Waals surface area contributed by atoms with Crippen molar-refractivity contribution >= 4 is 17.5 Å². The molecule has 0 heterocycles. The number of unbranched alkanes of at least 4 members (excludes halogenated alkanes) is 2. The van der Waals surface area contributed by atoms with Crippen molar-refractivity contribution in [2.45, 2.75) is 39.5 Å². The zero-order valence-corrected chi connectivity index (χ0v) is 12.8. The quantitative estimate of drug-likeness (QED) is 0.688. The lowest BCUT2D eigenvalue weighted by Gasteiger charge is -2.11. The lowest BCUT2D eigenvalue weighted by atomic mass is 10.2. The van der Waals surface area contributed by atoms with Gasteiger partial charge in [0.2, 0.25) is 11.8 Å². The minimum absolute atomic E-state index is 0.0123. The molecule has 0 aliphatic heterocycles. The molecule has 1 aromatic rings. The molecule has 0 bridgehead atoms. The molecule has 1 rings (SSSR count). The molecule has 0 aliphatic carbocycles. The third-order valence-electron chi connectivity index (χ3n) is 2.92. The van der Waals surface area contributed by atoms with Gasteiger partial charge in [-0.05, 0) is 31.9 Å². The maximum Gasteiger partial charge on any atom is 0.224 e. The Labute approximate surface area is 126 Å². The molecule has 0 aromatic heterocycles. The monoisotopic (exact) mass is 292 g/mol. The highest BCUT2D eigenvalue weighted by Gasteiger charge is 2.06. The van der Waals surface area contributed by atoms with Crippen LogP contribution in [0.15, 0.2) is 24.3 Å². The number of para-hydroxylation sites is 2. The van der Waals surface area contributed by atoms with E-state index >= 15 is 0 Å². The minimum Gasteiger partial charge on any atom is -0.492 e. The van der Waals surface area contributed by atoms with Crippen molar-refractivity contribution < 1.29 is 14.3 Å². The van der Waals surface area contributed by atoms with Crippen molar-refractivity contribution in [1.29, 1.82) is 0 Å². The van der Waals surface area contributed by atoms with Gasteiger partial charge in [0.25, 0.3) is 0 Å². The zero-order chi connectivity index (χ0) is 15.5. The number of hydrogen-bond donors (Lipinski definition) is 2. The van der Waals surface area contributed by atoms with Gasteiger partial charge in [0.15, 0.2) is 0 Å². The highest BCUT2D eigenvalue weighted by Crippen LogP contribution is 2.23. The topological polar surface area (TPSA) is 67.4 Å². The van der Waals surface area contributed by atoms with Gasteiger partial charge in [-0.2, -0.15) is 0 Å². The maximum absolute atomic E-state index is 11.9. The van der Waals surface area contributed by atoms with Crippen molar-refractivity contribution in [1.82, 2.24) is 5.32 Å². The van der Waals surface area contributed by atoms with E-state index in [2.05, 4.69) is 10.6 Å². The Morgan fingerprint density at radius 2 is 1.90 bits per heavy atom. The summed E-state index contributed by atoms with van der Waals surface area (Å²) in [7, 11) is 0. The second-order valence-corrected chi connectivity index (χ2v) is 4.77. The molecule has 0 fully saturated rings. The van der Waals surface area contributed by atoms with E-state index < -0.39 is 0 Å². The standard InChI is InChI=1S/C16H24N2O3/c1-3-21-15-10-7-6-9-14(15)18-16(20)11-5-4-8-12-17-13(2)19/h6-7,9-10H,3-5,8,11-12H2,1-2H3,(H,17,19)(H,18,20). The molecular weight excluding hydrogens is 268 g/mol. The molecule has 0 unspecified atom stereocenters. The summed E-state index contributed by atoms with van der Waals surface area (Å²) in [5, 5.41) is 5.61. The first kappa shape index (κ1) is 17.0. The molecule has 0 aliphatic rings. The molecule has 0 radical (unpaired) electrons. The van der Waals surface area contributed by atoms with E-state index in [1.54, 1.807) is 0 Å². The van der Waals surface area contributed by atoms with Gasteiger partial charge in [-0.25, -0.2) is 0 Å². The van der Waals surface area contributed by atoms with Crippen LogP contribution in [-0.2, 0) is 9.59 Å². The van der Waals surface area contributed by atoms with Gasteiger partial charge >= 0.3 is 0 Å². The van der Waals surface area contributed by atoms with E-state index in [9.17, 15) is 9.59 Å². The lowest BCUT2D eigenvalue weighted by molar-refractivity contribution is -0.119. The maximum atomic E-state index is 11.9. The third-order valence-corrected chi connectivity index (χ3v) is 2.92. The van der Waals surface area contributed by atoms with Crippen molar-refractivity contribution in [3.05, 3.63) is 24.3 Å². The predicted molar refractivity (Wildman–Crippen MR) is 83.4 cm³/mol. The van der Waals surface area contributed by atoms with Gasteiger partial charge in [-0.15, -0.1) is 0 Å². The number of carbonyl (C=O) groups is 2. The Morgan fingerprint density at radius 1 is 1.14 bits per heavy atom. The summed E-state index contributed by atoms with van der Waals surface area (Å²) in [5.41, 5.74) is 0.711. The van der Waals surface area contributed by atoms with Crippen LogP contribution in [0.1, 0.15) is 39.5 Å². The minimum atomic E-state index is -0.0136. The number of rotatable bonds is 9. The van der Waals surface area contributed by atoms with Crippen LogP contribution in [0.25, 0.3) is 0 Å². The van der Waals surface area contributed by atoms with E-state index in [1.165, 1.54) is 6.92 Å². The van der Waals surface area contributed by atoms with Crippen LogP contribution in [0, 0.1) is 0 Å². The number of nitrogens with one attached hydrogen (secondary N) is 2. The summed E-state index contributed by atoms with van der Waals surface area (Å²) < 4.78 is 5.46. The number of hydrogen-bond acceptors (Lipinski definition) is 3. The summed E-state index contributed by atoms with van der Waals surface area (Å²) in [4.78, 5) is 22.6. The Bertz CT molecular complexity index is 461. The average Bonchev–Trinajstić information content (AvgIpc) is 2.45. The molecule has 116 valence electrons. The number of ether oxygens (including phenoxy) is 1. The van der Waals surface area contributed by atoms with Crippen molar-refractivity contribution in [2.24, 2.45) is 0 Å². The van der Waals surface area contributed by atoms with Crippen LogP contribution >= 0.6 is 0 Å². The van der Waals surface area contributed by atoms with Gasteiger partial charge in [0.05, 0.1) is 12.3 Å². The third kappa shape index (κ3) is 7.34. The highest BCUT2D eigenvalue weighted by molar-refractivity contribution is 5.92. The normalized spacial score (nSPS) is 10.0. The number of benzene rings is 1. The van der Waals surface area contributed by atoms with Crippen LogP contribution in [0.2, 0.25) is 0 Å². The molecule has 0 saturated heterocycles. The molecule has 2 amide bonds. The van der Waals surface area contributed by atoms with Crippen LogP contribution in [-0.4, -0.2) is 25.0 Å². The van der Waals surface area contributed by atoms with Crippen LogP contribution < -0.4 is 15.4 Å². The first-order chi connectivity index (χ1) is 10.1. The number of anilines is 1. The van der Waals surface area contributed by atoms with Crippen molar-refractivity contribution in [3.8, 4) is 5.75 Å². The average molecular weight is 292 g/mol. The Morgan fingerprint density at radius 3 is 2.62 bits per heavy atom. The number of carbonyl (C=O) groups excluding carboxylic acids is 2. The molecule has 0 saturated carbocycles. The summed E-state index contributed by atoms with van der Waals surface area (Å²) in [6, 6.07) is 7.42. The first-order valence-corrected chi connectivity index (χ1v) is 7.39. The van der Waals surface area contributed by atoms with E-state index in [4.69, 9.17) is 4.74 Å². The molecular formula is C16H24N2O3. The Hall–Kier alpha value is -2.04. The fourth-order valence-electron chi connectivity index (χ4n) is 1.92. The van der Waals surface area contributed by atoms with Crippen LogP contribution in [0.3, 0.4) is 0 Å². The second-order valence-electron chi connectivity index (χ2n) is 4.77. The van der Waals surface area contributed by atoms with E-state index in [0.29, 0.717) is 31.0 Å².